The van der Waals surface area contributed by atoms with Gasteiger partial charge in [-0.15, -0.1) is 0 Å². The second-order valence-electron chi connectivity index (χ2n) is 4.67. The fraction of sp³-hybridized carbons (Fsp3) is 0.429. The van der Waals surface area contributed by atoms with Crippen LogP contribution in [0, 0.1) is 11.8 Å². The summed E-state index contributed by atoms with van der Waals surface area (Å²) in [5, 5.41) is 11.7. The lowest BCUT2D eigenvalue weighted by atomic mass is 10.0. The Hall–Kier alpha value is -1.84. The van der Waals surface area contributed by atoms with Crippen LogP contribution >= 0.6 is 0 Å². The van der Waals surface area contributed by atoms with Crippen molar-refractivity contribution in [2.75, 3.05) is 0 Å². The molecule has 0 heterocycles. The zero-order chi connectivity index (χ0) is 13.1. The summed E-state index contributed by atoms with van der Waals surface area (Å²) in [6.45, 7) is 2.00. The van der Waals surface area contributed by atoms with Crippen molar-refractivity contribution in [3.05, 3.63) is 35.9 Å². The first-order chi connectivity index (χ1) is 8.63. The molecule has 18 heavy (non-hydrogen) atoms. The molecule has 1 fully saturated rings. The van der Waals surface area contributed by atoms with Gasteiger partial charge in [0.25, 0.3) is 0 Å². The van der Waals surface area contributed by atoms with E-state index >= 15 is 0 Å². The van der Waals surface area contributed by atoms with Crippen LogP contribution in [0.1, 0.15) is 31.4 Å². The van der Waals surface area contributed by atoms with Gasteiger partial charge in [0.1, 0.15) is 0 Å². The number of carbonyl (C=O) groups is 2. The number of aliphatic carboxylic acids is 1. The molecule has 2 rings (SSSR count). The van der Waals surface area contributed by atoms with Crippen molar-refractivity contribution in [3.63, 3.8) is 0 Å². The molecule has 96 valence electrons. The molecule has 0 bridgehead atoms. The number of amides is 1. The van der Waals surface area contributed by atoms with E-state index < -0.39 is 11.9 Å². The highest BCUT2D eigenvalue weighted by molar-refractivity contribution is 5.89. The van der Waals surface area contributed by atoms with E-state index in [0.717, 1.165) is 12.0 Å². The van der Waals surface area contributed by atoms with Gasteiger partial charge in [-0.3, -0.25) is 9.59 Å². The second kappa shape index (κ2) is 5.21. The van der Waals surface area contributed by atoms with Gasteiger partial charge in [-0.2, -0.15) is 0 Å². The van der Waals surface area contributed by atoms with Crippen LogP contribution in [0.2, 0.25) is 0 Å². The number of rotatable bonds is 5. The molecular formula is C14H17NO3. The number of carbonyl (C=O) groups excluding carboxylic acids is 1. The van der Waals surface area contributed by atoms with E-state index in [2.05, 4.69) is 5.32 Å². The molecule has 0 saturated heterocycles. The molecule has 3 unspecified atom stereocenters. The minimum absolute atomic E-state index is 0.0336. The number of carboxylic acid groups (broad SMARTS) is 1. The van der Waals surface area contributed by atoms with Crippen LogP contribution < -0.4 is 5.32 Å². The topological polar surface area (TPSA) is 66.4 Å². The number of hydrogen-bond donors (Lipinski definition) is 2. The molecule has 1 aliphatic carbocycles. The van der Waals surface area contributed by atoms with E-state index in [-0.39, 0.29) is 17.9 Å². The third-order valence-corrected chi connectivity index (χ3v) is 3.37. The molecule has 1 aliphatic rings. The van der Waals surface area contributed by atoms with Crippen LogP contribution in [-0.2, 0) is 9.59 Å². The summed E-state index contributed by atoms with van der Waals surface area (Å²) in [5.74, 6) is -1.85. The van der Waals surface area contributed by atoms with Crippen molar-refractivity contribution in [3.8, 4) is 0 Å². The van der Waals surface area contributed by atoms with Crippen molar-refractivity contribution in [1.82, 2.24) is 5.32 Å². The summed E-state index contributed by atoms with van der Waals surface area (Å²) in [5.41, 5.74) is 1.06. The van der Waals surface area contributed by atoms with Gasteiger partial charge >= 0.3 is 5.97 Å². The molecule has 3 atom stereocenters. The van der Waals surface area contributed by atoms with Gasteiger partial charge in [0.05, 0.1) is 17.9 Å². The van der Waals surface area contributed by atoms with Gasteiger partial charge < -0.3 is 10.4 Å². The lowest BCUT2D eigenvalue weighted by Gasteiger charge is -2.17. The second-order valence-corrected chi connectivity index (χ2v) is 4.67. The Morgan fingerprint density at radius 1 is 1.33 bits per heavy atom. The Kier molecular flexibility index (Phi) is 3.65. The van der Waals surface area contributed by atoms with Crippen molar-refractivity contribution >= 4 is 11.9 Å². The fourth-order valence-corrected chi connectivity index (χ4v) is 2.14. The fourth-order valence-electron chi connectivity index (χ4n) is 2.14. The largest absolute Gasteiger partial charge is 0.481 e. The highest BCUT2D eigenvalue weighted by atomic mass is 16.4. The van der Waals surface area contributed by atoms with Gasteiger partial charge in [0.2, 0.25) is 5.91 Å². The third kappa shape index (κ3) is 2.70. The third-order valence-electron chi connectivity index (χ3n) is 3.37. The summed E-state index contributed by atoms with van der Waals surface area (Å²) < 4.78 is 0. The van der Waals surface area contributed by atoms with Crippen LogP contribution in [0.15, 0.2) is 30.3 Å². The first-order valence-corrected chi connectivity index (χ1v) is 6.21. The molecule has 1 saturated carbocycles. The monoisotopic (exact) mass is 247 g/mol. The van der Waals surface area contributed by atoms with Gasteiger partial charge in [0, 0.05) is 0 Å². The zero-order valence-corrected chi connectivity index (χ0v) is 10.3. The van der Waals surface area contributed by atoms with Crippen molar-refractivity contribution in [2.24, 2.45) is 11.8 Å². The summed E-state index contributed by atoms with van der Waals surface area (Å²) in [6, 6.07) is 9.70. The molecule has 1 aromatic carbocycles. The Morgan fingerprint density at radius 2 is 2.00 bits per heavy atom. The molecular weight excluding hydrogens is 230 g/mol. The zero-order valence-electron chi connectivity index (χ0n) is 10.3. The maximum Gasteiger partial charge on any atom is 0.307 e. The lowest BCUT2D eigenvalue weighted by Crippen LogP contribution is -2.30. The predicted octanol–water partition coefficient (Wildman–Crippen LogP) is 1.97. The molecule has 0 aliphatic heterocycles. The van der Waals surface area contributed by atoms with Crippen LogP contribution in [0.5, 0.6) is 0 Å². The molecule has 4 nitrogen and oxygen atoms in total. The highest BCUT2D eigenvalue weighted by Gasteiger charge is 2.48. The summed E-state index contributed by atoms with van der Waals surface area (Å²) in [4.78, 5) is 22.6. The van der Waals surface area contributed by atoms with E-state index in [1.807, 2.05) is 37.3 Å². The molecule has 0 spiro atoms. The number of benzene rings is 1. The van der Waals surface area contributed by atoms with Crippen molar-refractivity contribution in [2.45, 2.75) is 25.8 Å². The normalized spacial score (nSPS) is 23.2. The Bertz CT molecular complexity index is 444. The number of nitrogens with one attached hydrogen (secondary N) is 1. The standard InChI is InChI=1S/C14H17NO3/c1-2-12(9-6-4-3-5-7-9)15-13(16)10-8-11(10)14(17)18/h3-7,10-12H,2,8H2,1H3,(H,15,16)(H,17,18). The minimum atomic E-state index is -0.872. The SMILES string of the molecule is CCC(NC(=O)C1CC1C(=O)O)c1ccccc1. The maximum absolute atomic E-state index is 11.9. The maximum atomic E-state index is 11.9. The summed E-state index contributed by atoms with van der Waals surface area (Å²) >= 11 is 0. The Balaban J connectivity index is 1.96. The van der Waals surface area contributed by atoms with Crippen LogP contribution in [0.25, 0.3) is 0 Å². The summed E-state index contributed by atoms with van der Waals surface area (Å²) in [6.07, 6.45) is 1.26. The molecule has 2 N–H and O–H groups in total. The van der Waals surface area contributed by atoms with Gasteiger partial charge in [-0.25, -0.2) is 0 Å². The predicted molar refractivity (Wildman–Crippen MR) is 66.8 cm³/mol. The first-order valence-electron chi connectivity index (χ1n) is 6.21. The first kappa shape index (κ1) is 12.6. The van der Waals surface area contributed by atoms with Crippen LogP contribution in [-0.4, -0.2) is 17.0 Å². The molecule has 0 aromatic heterocycles. The molecule has 0 radical (unpaired) electrons. The molecule has 4 heteroatoms. The number of hydrogen-bond acceptors (Lipinski definition) is 2. The van der Waals surface area contributed by atoms with Crippen LogP contribution in [0.3, 0.4) is 0 Å². The van der Waals surface area contributed by atoms with E-state index in [1.165, 1.54) is 0 Å². The van der Waals surface area contributed by atoms with Gasteiger partial charge in [-0.1, -0.05) is 37.3 Å². The summed E-state index contributed by atoms with van der Waals surface area (Å²) in [7, 11) is 0. The minimum Gasteiger partial charge on any atom is -0.481 e. The Labute approximate surface area is 106 Å². The van der Waals surface area contributed by atoms with Gasteiger partial charge in [0.15, 0.2) is 0 Å². The average molecular weight is 247 g/mol. The van der Waals surface area contributed by atoms with Crippen LogP contribution in [0.4, 0.5) is 0 Å². The van der Waals surface area contributed by atoms with Gasteiger partial charge in [-0.05, 0) is 18.4 Å². The van der Waals surface area contributed by atoms with Crippen molar-refractivity contribution < 1.29 is 14.7 Å². The van der Waals surface area contributed by atoms with Crippen molar-refractivity contribution in [1.29, 1.82) is 0 Å². The molecule has 1 amide bonds. The lowest BCUT2D eigenvalue weighted by molar-refractivity contribution is -0.140. The number of carboxylic acids is 1. The van der Waals surface area contributed by atoms with E-state index in [1.54, 1.807) is 0 Å². The molecule has 1 aromatic rings. The Morgan fingerprint density at radius 3 is 2.50 bits per heavy atom. The highest BCUT2D eigenvalue weighted by Crippen LogP contribution is 2.39. The smallest absolute Gasteiger partial charge is 0.307 e. The van der Waals surface area contributed by atoms with E-state index in [9.17, 15) is 9.59 Å². The quantitative estimate of drug-likeness (QED) is 0.836. The average Bonchev–Trinajstić information content (AvgIpc) is 3.17. The van der Waals surface area contributed by atoms with E-state index in [0.29, 0.717) is 6.42 Å². The van der Waals surface area contributed by atoms with E-state index in [4.69, 9.17) is 5.11 Å².